The number of carboxylic acid groups (broad SMARTS) is 1. The maximum Gasteiger partial charge on any atom is 0.307 e. The van der Waals surface area contributed by atoms with Gasteiger partial charge in [-0.15, -0.1) is 0 Å². The highest BCUT2D eigenvalue weighted by atomic mass is 32.2. The normalized spacial score (nSPS) is 31.9. The second-order valence-electron chi connectivity index (χ2n) is 6.59. The highest BCUT2D eigenvalue weighted by Crippen LogP contribution is 2.59. The summed E-state index contributed by atoms with van der Waals surface area (Å²) in [6, 6.07) is -0.105. The van der Waals surface area contributed by atoms with Gasteiger partial charge in [0.15, 0.2) is 0 Å². The fourth-order valence-corrected chi connectivity index (χ4v) is 4.93. The Labute approximate surface area is 125 Å². The minimum atomic E-state index is -2.97. The van der Waals surface area contributed by atoms with Crippen molar-refractivity contribution in [2.24, 2.45) is 17.3 Å². The van der Waals surface area contributed by atoms with E-state index in [2.05, 4.69) is 0 Å². The molecule has 0 radical (unpaired) electrons. The second-order valence-corrected chi connectivity index (χ2v) is 8.89. The predicted molar refractivity (Wildman–Crippen MR) is 77.5 cm³/mol. The largest absolute Gasteiger partial charge is 0.481 e. The van der Waals surface area contributed by atoms with Crippen molar-refractivity contribution in [3.8, 4) is 0 Å². The van der Waals surface area contributed by atoms with E-state index >= 15 is 0 Å². The molecule has 2 fully saturated rings. The standard InChI is InChI=1S/C14H23NO5S/c1-9(2)14(8-11(14)12(16)17)13(18)15(3)10-4-6-21(19,20)7-5-10/h9-11H,4-8H2,1-3H3,(H,16,17)/t11-,14+/m0/s1. The molecule has 1 saturated carbocycles. The Morgan fingerprint density at radius 1 is 1.24 bits per heavy atom. The predicted octanol–water partition coefficient (Wildman–Crippen LogP) is 0.769. The monoisotopic (exact) mass is 317 g/mol. The van der Waals surface area contributed by atoms with Crippen LogP contribution in [0.3, 0.4) is 0 Å². The number of carboxylic acids is 1. The molecule has 7 heteroatoms. The zero-order valence-corrected chi connectivity index (χ0v) is 13.5. The van der Waals surface area contributed by atoms with Gasteiger partial charge in [0.25, 0.3) is 0 Å². The van der Waals surface area contributed by atoms with Crippen molar-refractivity contribution in [3.05, 3.63) is 0 Å². The number of aliphatic carboxylic acids is 1. The van der Waals surface area contributed by atoms with Crippen LogP contribution in [0.25, 0.3) is 0 Å². The molecule has 1 amide bonds. The molecule has 0 unspecified atom stereocenters. The van der Waals surface area contributed by atoms with Gasteiger partial charge in [-0.2, -0.15) is 0 Å². The van der Waals surface area contributed by atoms with E-state index in [1.807, 2.05) is 13.8 Å². The molecule has 2 rings (SSSR count). The van der Waals surface area contributed by atoms with Gasteiger partial charge in [-0.25, -0.2) is 8.42 Å². The van der Waals surface area contributed by atoms with Crippen LogP contribution < -0.4 is 0 Å². The van der Waals surface area contributed by atoms with Gasteiger partial charge in [-0.3, -0.25) is 9.59 Å². The SMILES string of the molecule is CC(C)[C@]1(C(=O)N(C)C2CCS(=O)(=O)CC2)C[C@H]1C(=O)O. The molecular weight excluding hydrogens is 294 g/mol. The second kappa shape index (κ2) is 5.26. The van der Waals surface area contributed by atoms with Crippen LogP contribution >= 0.6 is 0 Å². The molecule has 1 aliphatic carbocycles. The van der Waals surface area contributed by atoms with E-state index in [-0.39, 0.29) is 29.4 Å². The van der Waals surface area contributed by atoms with Gasteiger partial charge in [0.1, 0.15) is 9.84 Å². The summed E-state index contributed by atoms with van der Waals surface area (Å²) in [7, 11) is -1.29. The number of hydrogen-bond donors (Lipinski definition) is 1. The van der Waals surface area contributed by atoms with E-state index in [0.29, 0.717) is 19.3 Å². The molecule has 120 valence electrons. The van der Waals surface area contributed by atoms with Crippen molar-refractivity contribution >= 4 is 21.7 Å². The van der Waals surface area contributed by atoms with E-state index in [1.54, 1.807) is 11.9 Å². The first kappa shape index (κ1) is 16.3. The highest BCUT2D eigenvalue weighted by Gasteiger charge is 2.66. The lowest BCUT2D eigenvalue weighted by atomic mass is 9.87. The summed E-state index contributed by atoms with van der Waals surface area (Å²) < 4.78 is 22.9. The van der Waals surface area contributed by atoms with Crippen molar-refractivity contribution < 1.29 is 23.1 Å². The smallest absolute Gasteiger partial charge is 0.307 e. The average molecular weight is 317 g/mol. The van der Waals surface area contributed by atoms with Gasteiger partial charge in [0, 0.05) is 13.1 Å². The molecule has 0 aromatic rings. The summed E-state index contributed by atoms with van der Waals surface area (Å²) >= 11 is 0. The minimum absolute atomic E-state index is 0.0409. The molecule has 2 aliphatic rings. The number of hydrogen-bond acceptors (Lipinski definition) is 4. The fraction of sp³-hybridized carbons (Fsp3) is 0.857. The molecule has 21 heavy (non-hydrogen) atoms. The molecule has 1 aliphatic heterocycles. The molecule has 0 aromatic heterocycles. The average Bonchev–Trinajstić information content (AvgIpc) is 3.14. The van der Waals surface area contributed by atoms with Crippen molar-refractivity contribution in [3.63, 3.8) is 0 Å². The first-order valence-corrected chi connectivity index (χ1v) is 9.14. The van der Waals surface area contributed by atoms with Crippen LogP contribution in [-0.2, 0) is 19.4 Å². The van der Waals surface area contributed by atoms with Gasteiger partial charge >= 0.3 is 5.97 Å². The lowest BCUT2D eigenvalue weighted by molar-refractivity contribution is -0.147. The van der Waals surface area contributed by atoms with Crippen LogP contribution in [0, 0.1) is 17.3 Å². The summed E-state index contributed by atoms with van der Waals surface area (Å²) in [4.78, 5) is 25.6. The third kappa shape index (κ3) is 2.80. The first-order valence-electron chi connectivity index (χ1n) is 7.32. The summed E-state index contributed by atoms with van der Waals surface area (Å²) in [5.41, 5.74) is -0.809. The summed E-state index contributed by atoms with van der Waals surface area (Å²) in [5, 5.41) is 9.20. The third-order valence-electron chi connectivity index (χ3n) is 5.12. The van der Waals surface area contributed by atoms with Crippen LogP contribution in [0.4, 0.5) is 0 Å². The van der Waals surface area contributed by atoms with Crippen LogP contribution in [0.15, 0.2) is 0 Å². The third-order valence-corrected chi connectivity index (χ3v) is 6.84. The van der Waals surface area contributed by atoms with E-state index in [0.717, 1.165) is 0 Å². The van der Waals surface area contributed by atoms with Gasteiger partial charge in [0.2, 0.25) is 5.91 Å². The number of sulfone groups is 1. The maximum atomic E-state index is 12.8. The molecular formula is C14H23NO5S. The zero-order valence-electron chi connectivity index (χ0n) is 12.7. The number of amides is 1. The number of rotatable bonds is 4. The molecule has 1 N–H and O–H groups in total. The lowest BCUT2D eigenvalue weighted by Gasteiger charge is -2.35. The lowest BCUT2D eigenvalue weighted by Crippen LogP contribution is -2.47. The Balaban J connectivity index is 2.11. The Bertz CT molecular complexity index is 542. The Hall–Kier alpha value is -1.11. The van der Waals surface area contributed by atoms with E-state index in [9.17, 15) is 23.1 Å². The molecule has 2 atom stereocenters. The molecule has 0 spiro atoms. The van der Waals surface area contributed by atoms with Crippen LogP contribution in [0.2, 0.25) is 0 Å². The zero-order chi connectivity index (χ0) is 16.0. The van der Waals surface area contributed by atoms with E-state index in [4.69, 9.17) is 0 Å². The molecule has 1 heterocycles. The van der Waals surface area contributed by atoms with Gasteiger partial charge in [0.05, 0.1) is 22.8 Å². The maximum absolute atomic E-state index is 12.8. The molecule has 6 nitrogen and oxygen atoms in total. The van der Waals surface area contributed by atoms with Gasteiger partial charge in [-0.05, 0) is 25.2 Å². The van der Waals surface area contributed by atoms with Crippen molar-refractivity contribution in [2.75, 3.05) is 18.6 Å². The number of carbonyl (C=O) groups excluding carboxylic acids is 1. The molecule has 0 aromatic carbocycles. The Morgan fingerprint density at radius 2 is 1.76 bits per heavy atom. The minimum Gasteiger partial charge on any atom is -0.481 e. The van der Waals surface area contributed by atoms with Crippen LogP contribution in [-0.4, -0.2) is 54.9 Å². The topological polar surface area (TPSA) is 91.8 Å². The summed E-state index contributed by atoms with van der Waals surface area (Å²) in [5.74, 6) is -1.51. The molecule has 1 saturated heterocycles. The number of carbonyl (C=O) groups is 2. The van der Waals surface area contributed by atoms with Gasteiger partial charge in [-0.1, -0.05) is 13.8 Å². The van der Waals surface area contributed by atoms with Crippen molar-refractivity contribution in [2.45, 2.75) is 39.2 Å². The van der Waals surface area contributed by atoms with Crippen molar-refractivity contribution in [1.82, 2.24) is 4.90 Å². The quantitative estimate of drug-likeness (QED) is 0.827. The van der Waals surface area contributed by atoms with Gasteiger partial charge < -0.3 is 10.0 Å². The summed E-state index contributed by atoms with van der Waals surface area (Å²) in [6.45, 7) is 3.75. The van der Waals surface area contributed by atoms with Crippen LogP contribution in [0.1, 0.15) is 33.1 Å². The number of nitrogens with zero attached hydrogens (tertiary/aromatic N) is 1. The fourth-order valence-electron chi connectivity index (χ4n) is 3.47. The first-order chi connectivity index (χ1) is 9.62. The summed E-state index contributed by atoms with van der Waals surface area (Å²) in [6.07, 6.45) is 1.27. The Kier molecular flexibility index (Phi) is 4.08. The highest BCUT2D eigenvalue weighted by molar-refractivity contribution is 7.91. The van der Waals surface area contributed by atoms with E-state index in [1.165, 1.54) is 0 Å². The van der Waals surface area contributed by atoms with Crippen LogP contribution in [0.5, 0.6) is 0 Å². The van der Waals surface area contributed by atoms with Crippen molar-refractivity contribution in [1.29, 1.82) is 0 Å². The van der Waals surface area contributed by atoms with E-state index < -0.39 is 27.1 Å². The molecule has 0 bridgehead atoms. The Morgan fingerprint density at radius 3 is 2.14 bits per heavy atom.